The molecule has 1 fully saturated rings. The average molecular weight is 499 g/mol. The standard InChI is InChI=1S/C27H38N4O5/c1-5-34-25(32)20(7-6-14-29-26(33)36-27(2,3)4)17-21-18-31(19-30-21)22-8-10-23(11-9-22)35-24-12-15-28-16-13-24/h12-13,15-19,22-23H,5-11,14H2,1-4H3,(H,29,33). The number of hydrogen-bond donors (Lipinski definition) is 1. The normalized spacial score (nSPS) is 18.4. The first kappa shape index (κ1) is 27.2. The second kappa shape index (κ2) is 13.1. The fourth-order valence-electron chi connectivity index (χ4n) is 4.12. The number of nitrogens with one attached hydrogen (secondary N) is 1. The Morgan fingerprint density at radius 3 is 2.56 bits per heavy atom. The molecule has 1 amide bonds. The molecule has 2 heterocycles. The van der Waals surface area contributed by atoms with Gasteiger partial charge in [-0.05, 0) is 84.4 Å². The van der Waals surface area contributed by atoms with E-state index in [1.54, 1.807) is 25.4 Å². The van der Waals surface area contributed by atoms with Gasteiger partial charge in [0.05, 0.1) is 24.7 Å². The Bertz CT molecular complexity index is 1000. The van der Waals surface area contributed by atoms with Crippen LogP contribution < -0.4 is 10.1 Å². The molecule has 0 atom stereocenters. The van der Waals surface area contributed by atoms with Crippen LogP contribution in [0.3, 0.4) is 0 Å². The van der Waals surface area contributed by atoms with Crippen molar-refractivity contribution in [2.24, 2.45) is 0 Å². The lowest BCUT2D eigenvalue weighted by atomic mass is 9.93. The Labute approximate surface area is 213 Å². The van der Waals surface area contributed by atoms with Gasteiger partial charge in [-0.3, -0.25) is 4.98 Å². The van der Waals surface area contributed by atoms with Crippen molar-refractivity contribution in [2.45, 2.75) is 84.0 Å². The number of imidazole rings is 1. The maximum atomic E-state index is 12.5. The van der Waals surface area contributed by atoms with Crippen molar-refractivity contribution in [3.8, 4) is 5.75 Å². The van der Waals surface area contributed by atoms with Crippen LogP contribution in [-0.2, 0) is 14.3 Å². The number of esters is 1. The molecule has 3 rings (SSSR count). The first-order valence-electron chi connectivity index (χ1n) is 12.7. The summed E-state index contributed by atoms with van der Waals surface area (Å²) in [6.07, 6.45) is 13.8. The third-order valence-electron chi connectivity index (χ3n) is 5.79. The van der Waals surface area contributed by atoms with E-state index >= 15 is 0 Å². The summed E-state index contributed by atoms with van der Waals surface area (Å²) in [4.78, 5) is 32.9. The minimum Gasteiger partial charge on any atom is -0.490 e. The van der Waals surface area contributed by atoms with Crippen molar-refractivity contribution in [1.29, 1.82) is 0 Å². The molecule has 0 spiro atoms. The molecule has 0 radical (unpaired) electrons. The lowest BCUT2D eigenvalue weighted by Crippen LogP contribution is -2.33. The van der Waals surface area contributed by atoms with Crippen LogP contribution in [0.25, 0.3) is 6.08 Å². The quantitative estimate of drug-likeness (QED) is 0.276. The fourth-order valence-corrected chi connectivity index (χ4v) is 4.12. The van der Waals surface area contributed by atoms with Gasteiger partial charge in [-0.2, -0.15) is 0 Å². The monoisotopic (exact) mass is 498 g/mol. The molecule has 0 aliphatic heterocycles. The van der Waals surface area contributed by atoms with Crippen molar-refractivity contribution in [3.63, 3.8) is 0 Å². The first-order chi connectivity index (χ1) is 17.2. The molecule has 2 aromatic heterocycles. The van der Waals surface area contributed by atoms with E-state index in [1.807, 2.05) is 45.4 Å². The Hall–Kier alpha value is -3.36. The van der Waals surface area contributed by atoms with E-state index in [0.29, 0.717) is 43.3 Å². The summed E-state index contributed by atoms with van der Waals surface area (Å²) in [5.74, 6) is 0.495. The number of carbonyl (C=O) groups is 2. The predicted molar refractivity (Wildman–Crippen MR) is 136 cm³/mol. The third kappa shape index (κ3) is 9.02. The Balaban J connectivity index is 1.53. The summed E-state index contributed by atoms with van der Waals surface area (Å²) in [5, 5.41) is 2.72. The first-order valence-corrected chi connectivity index (χ1v) is 12.7. The molecule has 0 unspecified atom stereocenters. The van der Waals surface area contributed by atoms with E-state index in [4.69, 9.17) is 14.2 Å². The van der Waals surface area contributed by atoms with E-state index in [-0.39, 0.29) is 12.1 Å². The minimum absolute atomic E-state index is 0.205. The van der Waals surface area contributed by atoms with E-state index < -0.39 is 11.7 Å². The molecule has 9 nitrogen and oxygen atoms in total. The van der Waals surface area contributed by atoms with Crippen molar-refractivity contribution >= 4 is 18.1 Å². The zero-order valence-electron chi connectivity index (χ0n) is 21.7. The zero-order chi connectivity index (χ0) is 26.0. The van der Waals surface area contributed by atoms with Gasteiger partial charge in [0.2, 0.25) is 0 Å². The number of alkyl carbamates (subject to hydrolysis) is 1. The summed E-state index contributed by atoms with van der Waals surface area (Å²) in [6.45, 7) is 7.92. The second-order valence-electron chi connectivity index (χ2n) is 9.90. The van der Waals surface area contributed by atoms with E-state index in [1.165, 1.54) is 0 Å². The maximum absolute atomic E-state index is 12.5. The molecule has 1 saturated carbocycles. The van der Waals surface area contributed by atoms with Gasteiger partial charge in [-0.15, -0.1) is 0 Å². The van der Waals surface area contributed by atoms with Gasteiger partial charge in [0.15, 0.2) is 0 Å². The molecule has 0 bridgehead atoms. The molecule has 0 aromatic carbocycles. The predicted octanol–water partition coefficient (Wildman–Crippen LogP) is 5.09. The van der Waals surface area contributed by atoms with Crippen LogP contribution in [0.2, 0.25) is 0 Å². The number of aromatic nitrogens is 3. The highest BCUT2D eigenvalue weighted by atomic mass is 16.6. The molecule has 2 aromatic rings. The lowest BCUT2D eigenvalue weighted by Gasteiger charge is -2.29. The van der Waals surface area contributed by atoms with Gasteiger partial charge in [0, 0.05) is 36.8 Å². The molecular formula is C27H38N4O5. The highest BCUT2D eigenvalue weighted by Crippen LogP contribution is 2.31. The number of amides is 1. The van der Waals surface area contributed by atoms with E-state index in [0.717, 1.165) is 31.4 Å². The SMILES string of the molecule is CCOC(=O)C(=Cc1cn(C2CCC(Oc3ccncc3)CC2)cn1)CCCNC(=O)OC(C)(C)C. The minimum atomic E-state index is -0.551. The van der Waals surface area contributed by atoms with Crippen LogP contribution in [0.4, 0.5) is 4.79 Å². The van der Waals surface area contributed by atoms with Gasteiger partial charge in [-0.1, -0.05) is 0 Å². The van der Waals surface area contributed by atoms with Gasteiger partial charge in [0.1, 0.15) is 11.4 Å². The third-order valence-corrected chi connectivity index (χ3v) is 5.79. The molecule has 9 heteroatoms. The second-order valence-corrected chi connectivity index (χ2v) is 9.90. The molecule has 1 N–H and O–H groups in total. The Kier molecular flexibility index (Phi) is 9.90. The van der Waals surface area contributed by atoms with Crippen LogP contribution in [0, 0.1) is 0 Å². The molecule has 0 saturated heterocycles. The van der Waals surface area contributed by atoms with Crippen molar-refractivity contribution < 1.29 is 23.8 Å². The summed E-state index contributed by atoms with van der Waals surface area (Å²) in [7, 11) is 0. The van der Waals surface area contributed by atoms with E-state index in [2.05, 4.69) is 19.9 Å². The molecule has 36 heavy (non-hydrogen) atoms. The molecular weight excluding hydrogens is 460 g/mol. The fraction of sp³-hybridized carbons (Fsp3) is 0.556. The smallest absolute Gasteiger partial charge is 0.407 e. The van der Waals surface area contributed by atoms with Crippen molar-refractivity contribution in [2.75, 3.05) is 13.2 Å². The number of pyridine rings is 1. The highest BCUT2D eigenvalue weighted by Gasteiger charge is 2.24. The van der Waals surface area contributed by atoms with Crippen LogP contribution in [-0.4, -0.2) is 51.5 Å². The van der Waals surface area contributed by atoms with Crippen LogP contribution in [0.15, 0.2) is 42.6 Å². The highest BCUT2D eigenvalue weighted by molar-refractivity contribution is 5.93. The summed E-state index contributed by atoms with van der Waals surface area (Å²) < 4.78 is 18.7. The number of carbonyl (C=O) groups excluding carboxylic acids is 2. The van der Waals surface area contributed by atoms with Crippen LogP contribution in [0.5, 0.6) is 5.75 Å². The van der Waals surface area contributed by atoms with E-state index in [9.17, 15) is 9.59 Å². The van der Waals surface area contributed by atoms with Gasteiger partial charge >= 0.3 is 12.1 Å². The largest absolute Gasteiger partial charge is 0.490 e. The van der Waals surface area contributed by atoms with Crippen molar-refractivity contribution in [1.82, 2.24) is 19.9 Å². The number of nitrogens with zero attached hydrogens (tertiary/aromatic N) is 3. The number of hydrogen-bond acceptors (Lipinski definition) is 7. The van der Waals surface area contributed by atoms with Crippen LogP contribution in [0.1, 0.15) is 78.0 Å². The van der Waals surface area contributed by atoms with Gasteiger partial charge in [-0.25, -0.2) is 14.6 Å². The maximum Gasteiger partial charge on any atom is 0.407 e. The van der Waals surface area contributed by atoms with Gasteiger partial charge in [0.25, 0.3) is 0 Å². The number of ether oxygens (including phenoxy) is 3. The Morgan fingerprint density at radius 1 is 1.17 bits per heavy atom. The topological polar surface area (TPSA) is 105 Å². The molecule has 1 aliphatic rings. The molecule has 196 valence electrons. The summed E-state index contributed by atoms with van der Waals surface area (Å²) in [6, 6.07) is 4.12. The zero-order valence-corrected chi connectivity index (χ0v) is 21.7. The van der Waals surface area contributed by atoms with Crippen molar-refractivity contribution in [3.05, 3.63) is 48.3 Å². The lowest BCUT2D eigenvalue weighted by molar-refractivity contribution is -0.138. The van der Waals surface area contributed by atoms with Crippen LogP contribution >= 0.6 is 0 Å². The summed E-state index contributed by atoms with van der Waals surface area (Å²) in [5.41, 5.74) is 0.695. The molecule has 1 aliphatic carbocycles. The Morgan fingerprint density at radius 2 is 1.89 bits per heavy atom. The average Bonchev–Trinajstić information content (AvgIpc) is 3.30. The summed E-state index contributed by atoms with van der Waals surface area (Å²) >= 11 is 0. The number of rotatable bonds is 10. The van der Waals surface area contributed by atoms with Gasteiger partial charge < -0.3 is 24.1 Å².